The second-order valence-corrected chi connectivity index (χ2v) is 18.4. The van der Waals surface area contributed by atoms with E-state index in [1.165, 1.54) is 14.9 Å². The van der Waals surface area contributed by atoms with Gasteiger partial charge in [0, 0.05) is 0 Å². The Bertz CT molecular complexity index is 751. The van der Waals surface area contributed by atoms with Gasteiger partial charge in [-0.1, -0.05) is 0 Å². The Kier molecular flexibility index (Phi) is 6.19. The summed E-state index contributed by atoms with van der Waals surface area (Å²) in [6.07, 6.45) is 5.83. The minimum absolute atomic E-state index is 0.146. The molecule has 3 heteroatoms. The zero-order valence-corrected chi connectivity index (χ0v) is 20.1. The van der Waals surface area contributed by atoms with Crippen molar-refractivity contribution < 1.29 is 21.1 Å². The van der Waals surface area contributed by atoms with Crippen molar-refractivity contribution in [3.63, 3.8) is 0 Å². The first-order chi connectivity index (χ1) is 11.4. The van der Waals surface area contributed by atoms with Gasteiger partial charge in [0.1, 0.15) is 0 Å². The van der Waals surface area contributed by atoms with Gasteiger partial charge in [-0.3, -0.25) is 0 Å². The Balaban J connectivity index is 2.47. The van der Waals surface area contributed by atoms with Crippen molar-refractivity contribution in [2.24, 2.45) is 0 Å². The summed E-state index contributed by atoms with van der Waals surface area (Å²) < 4.78 is 9.89. The van der Waals surface area contributed by atoms with Crippen LogP contribution in [0.15, 0.2) is 39.4 Å². The van der Waals surface area contributed by atoms with Crippen molar-refractivity contribution in [2.75, 3.05) is 0 Å². The molecule has 0 aromatic heterocycles. The summed E-state index contributed by atoms with van der Waals surface area (Å²) in [7, 11) is -1.32. The van der Waals surface area contributed by atoms with Gasteiger partial charge in [0.15, 0.2) is 0 Å². The van der Waals surface area contributed by atoms with E-state index in [1.807, 2.05) is 0 Å². The monoisotopic (exact) mass is 390 g/mol. The summed E-state index contributed by atoms with van der Waals surface area (Å²) in [5.41, 5.74) is 2.79. The quantitative estimate of drug-likeness (QED) is 0.533. The second-order valence-electron chi connectivity index (χ2n) is 9.46. The average molecular weight is 390 g/mol. The molecule has 0 radical (unpaired) electrons. The number of rotatable bonds is 4. The number of allylic oxidation sites excluding steroid dienone is 4. The van der Waals surface area contributed by atoms with Crippen LogP contribution in [0.2, 0.25) is 19.6 Å². The average Bonchev–Trinajstić information content (AvgIpc) is 2.92. The molecule has 0 saturated carbocycles. The molecule has 1 aliphatic carbocycles. The molecule has 0 fully saturated rings. The first kappa shape index (κ1) is 20.6. The molecule has 1 aromatic rings. The molecule has 0 amide bonds. The molecule has 1 aromatic carbocycles. The van der Waals surface area contributed by atoms with E-state index < -0.39 is 25.9 Å². The minimum atomic E-state index is -1.90. The van der Waals surface area contributed by atoms with E-state index in [0.29, 0.717) is 0 Å². The van der Waals surface area contributed by atoms with Crippen LogP contribution in [0.25, 0.3) is 0 Å². The Labute approximate surface area is 162 Å². The zero-order chi connectivity index (χ0) is 19.0. The fourth-order valence-electron chi connectivity index (χ4n) is 3.25. The molecule has 136 valence electrons. The predicted molar refractivity (Wildman–Crippen MR) is 111 cm³/mol. The molecule has 0 unspecified atom stereocenters. The summed E-state index contributed by atoms with van der Waals surface area (Å²) in [5.74, 6) is 1.07. The number of hydrogen-bond acceptors (Lipinski definition) is 1. The van der Waals surface area contributed by atoms with Gasteiger partial charge < -0.3 is 0 Å². The Hall–Kier alpha value is -0.699. The van der Waals surface area contributed by atoms with E-state index in [1.54, 1.807) is 9.07 Å². The number of benzene rings is 1. The van der Waals surface area contributed by atoms with Crippen molar-refractivity contribution in [2.45, 2.75) is 73.0 Å². The predicted octanol–water partition coefficient (Wildman–Crippen LogP) is 6.51. The molecule has 1 nitrogen and oxygen atoms in total. The molecule has 0 heterocycles. The Morgan fingerprint density at radius 2 is 1.72 bits per heavy atom. The SMILES string of the molecule is C[C](C)=[Ti]([O]c1cc(C)cc(C(C)(C)C)c1)[C]1=C([Si](C)(C)C)C=CC1. The van der Waals surface area contributed by atoms with Crippen LogP contribution >= 0.6 is 0 Å². The molecule has 25 heavy (non-hydrogen) atoms. The van der Waals surface area contributed by atoms with Crippen LogP contribution in [-0.4, -0.2) is 11.9 Å². The summed E-state index contributed by atoms with van der Waals surface area (Å²) in [6.45, 7) is 20.9. The van der Waals surface area contributed by atoms with Crippen molar-refractivity contribution in [3.05, 3.63) is 50.6 Å². The summed E-state index contributed by atoms with van der Waals surface area (Å²) in [6, 6.07) is 6.77. The topological polar surface area (TPSA) is 9.23 Å². The maximum atomic E-state index is 6.76. The van der Waals surface area contributed by atoms with Crippen molar-refractivity contribution in [1.29, 1.82) is 0 Å². The van der Waals surface area contributed by atoms with Crippen molar-refractivity contribution >= 4 is 11.9 Å². The first-order valence-electron chi connectivity index (χ1n) is 9.27. The molecule has 0 N–H and O–H groups in total. The van der Waals surface area contributed by atoms with Gasteiger partial charge in [-0.15, -0.1) is 0 Å². The molecule has 0 bridgehead atoms. The summed E-state index contributed by atoms with van der Waals surface area (Å²) in [5, 5.41) is 1.63. The molecule has 0 spiro atoms. The third-order valence-electron chi connectivity index (χ3n) is 4.60. The van der Waals surface area contributed by atoms with Gasteiger partial charge in [0.25, 0.3) is 0 Å². The molecule has 2 rings (SSSR count). The standard InChI is InChI=1S/C11H16O.C8H13Si.C3H6.Ti/c1-8-5-9(11(2,3)4)7-10(12)6-8;1-9(2,3)8-6-4-5-7-8;1-3-2;/h5-7,12H,1-4H3;4,6H,5H2,1-3H3;1-2H3;/q;;;+1/p-1. The molecular formula is C22H34OSiTi. The van der Waals surface area contributed by atoms with Crippen LogP contribution in [0.5, 0.6) is 5.75 Å². The fourth-order valence-corrected chi connectivity index (χ4v) is 10.1. The van der Waals surface area contributed by atoms with Crippen LogP contribution < -0.4 is 3.32 Å². The molecular weight excluding hydrogens is 356 g/mol. The third kappa shape index (κ3) is 5.15. The van der Waals surface area contributed by atoms with Crippen LogP contribution in [-0.2, 0) is 23.2 Å². The van der Waals surface area contributed by atoms with Gasteiger partial charge in [-0.25, -0.2) is 0 Å². The van der Waals surface area contributed by atoms with E-state index in [-0.39, 0.29) is 5.41 Å². The van der Waals surface area contributed by atoms with Crippen molar-refractivity contribution in [1.82, 2.24) is 0 Å². The Morgan fingerprint density at radius 1 is 1.08 bits per heavy atom. The van der Waals surface area contributed by atoms with Gasteiger partial charge in [-0.05, 0) is 0 Å². The fraction of sp³-hybridized carbons (Fsp3) is 0.500. The van der Waals surface area contributed by atoms with Gasteiger partial charge in [-0.2, -0.15) is 0 Å². The first-order valence-corrected chi connectivity index (χ1v) is 15.0. The summed E-state index contributed by atoms with van der Waals surface area (Å²) in [4.78, 5) is 0. The number of aryl methyl sites for hydroxylation is 1. The van der Waals surface area contributed by atoms with E-state index in [2.05, 4.69) is 91.5 Å². The van der Waals surface area contributed by atoms with E-state index in [9.17, 15) is 0 Å². The van der Waals surface area contributed by atoms with Crippen LogP contribution in [0.4, 0.5) is 0 Å². The molecule has 0 aliphatic heterocycles. The number of hydrogen-bond donors (Lipinski definition) is 0. The Morgan fingerprint density at radius 3 is 2.24 bits per heavy atom. The van der Waals surface area contributed by atoms with Crippen LogP contribution in [0, 0.1) is 6.92 Å². The molecule has 0 saturated heterocycles. The maximum absolute atomic E-state index is 6.76. The van der Waals surface area contributed by atoms with E-state index in [0.717, 1.165) is 12.2 Å². The second kappa shape index (κ2) is 7.50. The molecule has 1 aliphatic rings. The third-order valence-corrected chi connectivity index (χ3v) is 10.8. The van der Waals surface area contributed by atoms with Gasteiger partial charge in [0.2, 0.25) is 0 Å². The van der Waals surface area contributed by atoms with Crippen LogP contribution in [0.1, 0.15) is 52.2 Å². The summed E-state index contributed by atoms with van der Waals surface area (Å²) >= 11 is -1.90. The van der Waals surface area contributed by atoms with E-state index >= 15 is 0 Å². The van der Waals surface area contributed by atoms with Crippen molar-refractivity contribution in [3.8, 4) is 5.75 Å². The van der Waals surface area contributed by atoms with Crippen LogP contribution in [0.3, 0.4) is 0 Å². The molecule has 0 atom stereocenters. The normalized spacial score (nSPS) is 14.9. The van der Waals surface area contributed by atoms with Gasteiger partial charge >= 0.3 is 162 Å². The zero-order valence-electron chi connectivity index (χ0n) is 17.5. The van der Waals surface area contributed by atoms with E-state index in [4.69, 9.17) is 3.32 Å². The van der Waals surface area contributed by atoms with Gasteiger partial charge in [0.05, 0.1) is 0 Å².